The molecule has 1 heterocycles. The summed E-state index contributed by atoms with van der Waals surface area (Å²) >= 11 is 4.90. The van der Waals surface area contributed by atoms with Crippen LogP contribution >= 0.6 is 12.2 Å². The Morgan fingerprint density at radius 2 is 1.95 bits per heavy atom. The molecule has 1 aromatic heterocycles. The minimum absolute atomic E-state index is 0.176. The van der Waals surface area contributed by atoms with Crippen LogP contribution in [-0.4, -0.2) is 27.8 Å². The maximum atomic E-state index is 12.3. The van der Waals surface area contributed by atoms with Gasteiger partial charge in [-0.05, 0) is 24.7 Å². The van der Waals surface area contributed by atoms with Crippen molar-refractivity contribution in [1.29, 1.82) is 0 Å². The molecular formula is C14H17N5O2S. The van der Waals surface area contributed by atoms with Crippen LogP contribution in [-0.2, 0) is 6.54 Å². The van der Waals surface area contributed by atoms with E-state index in [-0.39, 0.29) is 16.4 Å². The van der Waals surface area contributed by atoms with Gasteiger partial charge in [0.2, 0.25) is 0 Å². The lowest BCUT2D eigenvalue weighted by atomic mass is 10.1. The molecule has 116 valence electrons. The van der Waals surface area contributed by atoms with Gasteiger partial charge in [0.1, 0.15) is 0 Å². The van der Waals surface area contributed by atoms with Crippen molar-refractivity contribution in [2.24, 2.45) is 0 Å². The largest absolute Gasteiger partial charge is 0.364 e. The average molecular weight is 319 g/mol. The number of rotatable bonds is 3. The lowest BCUT2D eigenvalue weighted by Gasteiger charge is -2.12. The summed E-state index contributed by atoms with van der Waals surface area (Å²) in [7, 11) is 1.64. The maximum absolute atomic E-state index is 12.3. The standard InChI is InChI=1S/C14H17N5O2S/c1-3-8-19-13(21)10-7-5-4-6-9(10)11(18-19)12(20)16-17-14(22)15-2/h4-7H,3,8H2,1-2H3,(H,16,20)(H2,15,17,22). The maximum Gasteiger partial charge on any atom is 0.290 e. The van der Waals surface area contributed by atoms with Crippen molar-refractivity contribution in [2.45, 2.75) is 19.9 Å². The number of aromatic nitrogens is 2. The highest BCUT2D eigenvalue weighted by atomic mass is 32.1. The first-order chi connectivity index (χ1) is 10.6. The number of benzene rings is 1. The van der Waals surface area contributed by atoms with E-state index in [9.17, 15) is 9.59 Å². The Balaban J connectivity index is 2.47. The molecule has 0 unspecified atom stereocenters. The summed E-state index contributed by atoms with van der Waals surface area (Å²) in [6.07, 6.45) is 0.744. The summed E-state index contributed by atoms with van der Waals surface area (Å²) in [6, 6.07) is 6.91. The Morgan fingerprint density at radius 1 is 1.27 bits per heavy atom. The molecule has 8 heteroatoms. The number of amides is 1. The third kappa shape index (κ3) is 3.22. The van der Waals surface area contributed by atoms with Crippen molar-refractivity contribution in [3.05, 3.63) is 40.3 Å². The molecule has 2 rings (SSSR count). The third-order valence-electron chi connectivity index (χ3n) is 3.03. The summed E-state index contributed by atoms with van der Waals surface area (Å²) in [5, 5.41) is 8.11. The van der Waals surface area contributed by atoms with Crippen LogP contribution in [0.5, 0.6) is 0 Å². The van der Waals surface area contributed by atoms with Crippen molar-refractivity contribution in [2.75, 3.05) is 7.05 Å². The van der Waals surface area contributed by atoms with Gasteiger partial charge in [-0.15, -0.1) is 0 Å². The van der Waals surface area contributed by atoms with E-state index >= 15 is 0 Å². The van der Waals surface area contributed by atoms with Crippen molar-refractivity contribution in [1.82, 2.24) is 25.9 Å². The van der Waals surface area contributed by atoms with Gasteiger partial charge < -0.3 is 5.32 Å². The quantitative estimate of drug-likeness (QED) is 0.565. The molecule has 0 saturated carbocycles. The van der Waals surface area contributed by atoms with E-state index in [1.54, 1.807) is 31.3 Å². The highest BCUT2D eigenvalue weighted by Gasteiger charge is 2.16. The van der Waals surface area contributed by atoms with Gasteiger partial charge in [0.05, 0.1) is 5.39 Å². The van der Waals surface area contributed by atoms with Gasteiger partial charge in [0.25, 0.3) is 11.5 Å². The predicted molar refractivity (Wildman–Crippen MR) is 88.6 cm³/mol. The second kappa shape index (κ2) is 6.99. The number of thiocarbonyl (C=S) groups is 1. The molecular weight excluding hydrogens is 302 g/mol. The molecule has 1 aromatic carbocycles. The summed E-state index contributed by atoms with van der Waals surface area (Å²) in [5.74, 6) is -0.460. The van der Waals surface area contributed by atoms with Gasteiger partial charge in [0.15, 0.2) is 10.8 Å². The van der Waals surface area contributed by atoms with E-state index in [1.807, 2.05) is 6.92 Å². The van der Waals surface area contributed by atoms with E-state index in [0.717, 1.165) is 6.42 Å². The zero-order valence-electron chi connectivity index (χ0n) is 12.3. The summed E-state index contributed by atoms with van der Waals surface area (Å²) < 4.78 is 1.31. The zero-order chi connectivity index (χ0) is 16.1. The Hall–Kier alpha value is -2.48. The lowest BCUT2D eigenvalue weighted by molar-refractivity contribution is 0.0938. The zero-order valence-corrected chi connectivity index (χ0v) is 13.2. The summed E-state index contributed by atoms with van der Waals surface area (Å²) in [6.45, 7) is 2.39. The van der Waals surface area contributed by atoms with E-state index in [1.165, 1.54) is 4.68 Å². The first kappa shape index (κ1) is 15.9. The van der Waals surface area contributed by atoms with E-state index in [0.29, 0.717) is 17.3 Å². The third-order valence-corrected chi connectivity index (χ3v) is 3.34. The highest BCUT2D eigenvalue weighted by Crippen LogP contribution is 2.13. The number of aryl methyl sites for hydroxylation is 1. The van der Waals surface area contributed by atoms with Crippen LogP contribution in [0.15, 0.2) is 29.1 Å². The molecule has 0 aliphatic carbocycles. The Labute approximate surface area is 132 Å². The molecule has 0 fully saturated rings. The second-order valence-electron chi connectivity index (χ2n) is 4.58. The van der Waals surface area contributed by atoms with Gasteiger partial charge in [-0.3, -0.25) is 20.4 Å². The van der Waals surface area contributed by atoms with E-state index in [4.69, 9.17) is 12.2 Å². The Morgan fingerprint density at radius 3 is 2.59 bits per heavy atom. The number of carbonyl (C=O) groups is 1. The summed E-state index contributed by atoms with van der Waals surface area (Å²) in [5.41, 5.74) is 4.99. The number of hydrogen-bond donors (Lipinski definition) is 3. The van der Waals surface area contributed by atoms with E-state index in [2.05, 4.69) is 21.3 Å². The van der Waals surface area contributed by atoms with Crippen LogP contribution in [0.3, 0.4) is 0 Å². The SMILES string of the molecule is CCCn1nc(C(=O)NNC(=S)NC)c2ccccc2c1=O. The molecule has 7 nitrogen and oxygen atoms in total. The predicted octanol–water partition coefficient (Wildman–Crippen LogP) is 0.545. The second-order valence-corrected chi connectivity index (χ2v) is 4.99. The van der Waals surface area contributed by atoms with Crippen molar-refractivity contribution in [3.8, 4) is 0 Å². The van der Waals surface area contributed by atoms with Gasteiger partial charge in [-0.25, -0.2) is 4.68 Å². The fourth-order valence-corrected chi connectivity index (χ4v) is 2.05. The highest BCUT2D eigenvalue weighted by molar-refractivity contribution is 7.80. The van der Waals surface area contributed by atoms with Crippen molar-refractivity contribution >= 4 is 34.0 Å². The smallest absolute Gasteiger partial charge is 0.290 e. The Bertz CT molecular complexity index is 771. The average Bonchev–Trinajstić information content (AvgIpc) is 2.55. The fraction of sp³-hybridized carbons (Fsp3) is 0.286. The molecule has 22 heavy (non-hydrogen) atoms. The van der Waals surface area contributed by atoms with Gasteiger partial charge in [0, 0.05) is 19.0 Å². The molecule has 3 N–H and O–H groups in total. The minimum Gasteiger partial charge on any atom is -0.364 e. The minimum atomic E-state index is -0.460. The molecule has 0 radical (unpaired) electrons. The van der Waals surface area contributed by atoms with E-state index < -0.39 is 5.91 Å². The number of hydrogen-bond acceptors (Lipinski definition) is 4. The number of carbonyl (C=O) groups excluding carboxylic acids is 1. The Kier molecular flexibility index (Phi) is 5.05. The first-order valence-electron chi connectivity index (χ1n) is 6.86. The van der Waals surface area contributed by atoms with Crippen LogP contribution in [0, 0.1) is 0 Å². The fourth-order valence-electron chi connectivity index (χ4n) is 2.00. The van der Waals surface area contributed by atoms with Crippen molar-refractivity contribution in [3.63, 3.8) is 0 Å². The van der Waals surface area contributed by atoms with Crippen molar-refractivity contribution < 1.29 is 4.79 Å². The molecule has 0 atom stereocenters. The molecule has 0 aliphatic rings. The molecule has 0 saturated heterocycles. The number of nitrogens with zero attached hydrogens (tertiary/aromatic N) is 2. The summed E-state index contributed by atoms with van der Waals surface area (Å²) in [4.78, 5) is 24.6. The number of fused-ring (bicyclic) bond motifs is 1. The van der Waals surface area contributed by atoms with Gasteiger partial charge in [-0.2, -0.15) is 5.10 Å². The van der Waals surface area contributed by atoms with Gasteiger partial charge in [-0.1, -0.05) is 25.1 Å². The lowest BCUT2D eigenvalue weighted by Crippen LogP contribution is -2.46. The van der Waals surface area contributed by atoms with Crippen LogP contribution in [0.1, 0.15) is 23.8 Å². The monoisotopic (exact) mass is 319 g/mol. The van der Waals surface area contributed by atoms with Crippen LogP contribution in [0.25, 0.3) is 10.8 Å². The topological polar surface area (TPSA) is 88.1 Å². The van der Waals surface area contributed by atoms with Gasteiger partial charge >= 0.3 is 0 Å². The molecule has 0 aliphatic heterocycles. The van der Waals surface area contributed by atoms with Crippen LogP contribution in [0.2, 0.25) is 0 Å². The molecule has 0 spiro atoms. The van der Waals surface area contributed by atoms with Crippen LogP contribution in [0.4, 0.5) is 0 Å². The first-order valence-corrected chi connectivity index (χ1v) is 7.27. The van der Waals surface area contributed by atoms with Crippen LogP contribution < -0.4 is 21.7 Å². The molecule has 0 bridgehead atoms. The normalized spacial score (nSPS) is 10.3. The number of hydrazine groups is 1. The molecule has 1 amide bonds. The number of nitrogens with one attached hydrogen (secondary N) is 3. The molecule has 2 aromatic rings.